The molecule has 2 rings (SSSR count). The van der Waals surface area contributed by atoms with Crippen molar-refractivity contribution in [1.29, 1.82) is 0 Å². The molecule has 0 radical (unpaired) electrons. The van der Waals surface area contributed by atoms with Gasteiger partial charge in [0.05, 0.1) is 15.9 Å². The smallest absolute Gasteiger partial charge is 0.286 e. The Hall–Kier alpha value is -2.01. The third kappa shape index (κ3) is 3.48. The molecule has 0 aliphatic rings. The van der Waals surface area contributed by atoms with Crippen LogP contribution < -0.4 is 4.74 Å². The lowest BCUT2D eigenvalue weighted by molar-refractivity contribution is -0.387. The van der Waals surface area contributed by atoms with Gasteiger partial charge in [0, 0.05) is 0 Å². The predicted octanol–water partition coefficient (Wildman–Crippen LogP) is 3.90. The Morgan fingerprint density at radius 3 is 2.58 bits per heavy atom. The van der Waals surface area contributed by atoms with Crippen molar-refractivity contribution < 1.29 is 9.66 Å². The van der Waals surface area contributed by atoms with Crippen molar-refractivity contribution in [3.05, 3.63) is 64.2 Å². The standard InChI is InChI=1S/C14H13NO3S/c1-19-14-8-7-12(9-13(14)15(16)17)18-10-11-5-3-2-4-6-11/h2-9H,10H2,1H3. The zero-order chi connectivity index (χ0) is 13.7. The first-order chi connectivity index (χ1) is 9.20. The number of hydrogen-bond donors (Lipinski definition) is 0. The molecule has 98 valence electrons. The normalized spacial score (nSPS) is 10.2. The minimum atomic E-state index is -0.388. The summed E-state index contributed by atoms with van der Waals surface area (Å²) in [5, 5.41) is 10.9. The first-order valence-corrected chi connectivity index (χ1v) is 6.92. The van der Waals surface area contributed by atoms with Crippen molar-refractivity contribution in [2.24, 2.45) is 0 Å². The first-order valence-electron chi connectivity index (χ1n) is 5.70. The number of rotatable bonds is 5. The highest BCUT2D eigenvalue weighted by Gasteiger charge is 2.14. The molecule has 0 saturated carbocycles. The summed E-state index contributed by atoms with van der Waals surface area (Å²) >= 11 is 1.35. The van der Waals surface area contributed by atoms with Crippen molar-refractivity contribution in [2.75, 3.05) is 6.26 Å². The van der Waals surface area contributed by atoms with E-state index in [0.717, 1.165) is 5.56 Å². The minimum Gasteiger partial charge on any atom is -0.489 e. The number of nitro groups is 1. The summed E-state index contributed by atoms with van der Waals surface area (Å²) in [7, 11) is 0. The second kappa shape index (κ2) is 6.24. The number of thioether (sulfide) groups is 1. The number of ether oxygens (including phenoxy) is 1. The number of benzene rings is 2. The summed E-state index contributed by atoms with van der Waals surface area (Å²) in [5.41, 5.74) is 1.11. The topological polar surface area (TPSA) is 52.4 Å². The molecular formula is C14H13NO3S. The second-order valence-electron chi connectivity index (χ2n) is 3.87. The fourth-order valence-corrected chi connectivity index (χ4v) is 2.19. The SMILES string of the molecule is CSc1ccc(OCc2ccccc2)cc1[N+](=O)[O-]. The Labute approximate surface area is 115 Å². The Balaban J connectivity index is 2.13. The molecule has 0 amide bonds. The lowest BCUT2D eigenvalue weighted by atomic mass is 10.2. The minimum absolute atomic E-state index is 0.0815. The van der Waals surface area contributed by atoms with Gasteiger partial charge in [-0.1, -0.05) is 30.3 Å². The van der Waals surface area contributed by atoms with Gasteiger partial charge < -0.3 is 4.74 Å². The van der Waals surface area contributed by atoms with E-state index in [1.807, 2.05) is 36.6 Å². The molecule has 0 aromatic heterocycles. The van der Waals surface area contributed by atoms with Crippen LogP contribution in [0.4, 0.5) is 5.69 Å². The van der Waals surface area contributed by atoms with Crippen molar-refractivity contribution in [2.45, 2.75) is 11.5 Å². The molecule has 5 heteroatoms. The molecule has 0 unspecified atom stereocenters. The maximum absolute atomic E-state index is 10.9. The fourth-order valence-electron chi connectivity index (χ4n) is 1.64. The van der Waals surface area contributed by atoms with Gasteiger partial charge in [-0.15, -0.1) is 11.8 Å². The Bertz CT molecular complexity index is 572. The first kappa shape index (κ1) is 13.4. The van der Waals surface area contributed by atoms with Crippen molar-refractivity contribution >= 4 is 17.4 Å². The van der Waals surface area contributed by atoms with Crippen LogP contribution in [0, 0.1) is 10.1 Å². The van der Waals surface area contributed by atoms with Crippen LogP contribution in [0.25, 0.3) is 0 Å². The van der Waals surface area contributed by atoms with E-state index in [2.05, 4.69) is 0 Å². The molecule has 4 nitrogen and oxygen atoms in total. The zero-order valence-electron chi connectivity index (χ0n) is 10.4. The summed E-state index contributed by atoms with van der Waals surface area (Å²) in [5.74, 6) is 0.508. The van der Waals surface area contributed by atoms with E-state index in [1.165, 1.54) is 17.8 Å². The summed E-state index contributed by atoms with van der Waals surface area (Å²) < 4.78 is 5.57. The second-order valence-corrected chi connectivity index (χ2v) is 4.71. The zero-order valence-corrected chi connectivity index (χ0v) is 11.2. The van der Waals surface area contributed by atoms with Gasteiger partial charge in [0.15, 0.2) is 0 Å². The summed E-state index contributed by atoms with van der Waals surface area (Å²) in [6.07, 6.45) is 1.81. The van der Waals surface area contributed by atoms with Gasteiger partial charge in [0.2, 0.25) is 0 Å². The molecule has 0 bridgehead atoms. The van der Waals surface area contributed by atoms with Crippen molar-refractivity contribution in [3.63, 3.8) is 0 Å². The van der Waals surface area contributed by atoms with E-state index >= 15 is 0 Å². The highest BCUT2D eigenvalue weighted by Crippen LogP contribution is 2.31. The van der Waals surface area contributed by atoms with Gasteiger partial charge in [-0.25, -0.2) is 0 Å². The van der Waals surface area contributed by atoms with E-state index < -0.39 is 0 Å². The van der Waals surface area contributed by atoms with Gasteiger partial charge in [-0.2, -0.15) is 0 Å². The average molecular weight is 275 g/mol. The lowest BCUT2D eigenvalue weighted by Gasteiger charge is -2.07. The third-order valence-corrected chi connectivity index (χ3v) is 3.38. The average Bonchev–Trinajstić information content (AvgIpc) is 2.46. The largest absolute Gasteiger partial charge is 0.489 e. The highest BCUT2D eigenvalue weighted by molar-refractivity contribution is 7.98. The molecule has 0 atom stereocenters. The Kier molecular flexibility index (Phi) is 4.41. The monoisotopic (exact) mass is 275 g/mol. The van der Waals surface area contributed by atoms with Gasteiger partial charge in [0.1, 0.15) is 12.4 Å². The molecule has 0 aliphatic carbocycles. The van der Waals surface area contributed by atoms with Crippen LogP contribution in [-0.2, 0) is 6.61 Å². The van der Waals surface area contributed by atoms with E-state index in [9.17, 15) is 10.1 Å². The number of hydrogen-bond acceptors (Lipinski definition) is 4. The van der Waals surface area contributed by atoms with Crippen LogP contribution in [0.1, 0.15) is 5.56 Å². The maximum atomic E-state index is 10.9. The maximum Gasteiger partial charge on any atom is 0.286 e. The van der Waals surface area contributed by atoms with Crippen LogP contribution in [0.5, 0.6) is 5.75 Å². The number of nitro benzene ring substituents is 1. The molecule has 19 heavy (non-hydrogen) atoms. The summed E-state index contributed by atoms with van der Waals surface area (Å²) in [6.45, 7) is 0.399. The van der Waals surface area contributed by atoms with E-state index in [1.54, 1.807) is 12.1 Å². The van der Waals surface area contributed by atoms with Crippen LogP contribution in [0.2, 0.25) is 0 Å². The Morgan fingerprint density at radius 2 is 1.95 bits per heavy atom. The predicted molar refractivity (Wildman–Crippen MR) is 75.7 cm³/mol. The summed E-state index contributed by atoms with van der Waals surface area (Å²) in [6, 6.07) is 14.6. The molecule has 0 saturated heterocycles. The molecule has 0 heterocycles. The van der Waals surface area contributed by atoms with Crippen LogP contribution >= 0.6 is 11.8 Å². The van der Waals surface area contributed by atoms with E-state index in [4.69, 9.17) is 4.74 Å². The third-order valence-electron chi connectivity index (χ3n) is 2.60. The molecular weight excluding hydrogens is 262 g/mol. The molecule has 2 aromatic carbocycles. The molecule has 2 aromatic rings. The van der Waals surface area contributed by atoms with Gasteiger partial charge in [0.25, 0.3) is 5.69 Å². The van der Waals surface area contributed by atoms with Gasteiger partial charge >= 0.3 is 0 Å². The molecule has 0 N–H and O–H groups in total. The lowest BCUT2D eigenvalue weighted by Crippen LogP contribution is -1.97. The van der Waals surface area contributed by atoms with Crippen LogP contribution in [0.15, 0.2) is 53.4 Å². The molecule has 0 aliphatic heterocycles. The van der Waals surface area contributed by atoms with E-state index in [-0.39, 0.29) is 10.6 Å². The molecule has 0 fully saturated rings. The van der Waals surface area contributed by atoms with Gasteiger partial charge in [-0.3, -0.25) is 10.1 Å². The van der Waals surface area contributed by atoms with Crippen molar-refractivity contribution in [3.8, 4) is 5.75 Å². The van der Waals surface area contributed by atoms with Crippen LogP contribution in [0.3, 0.4) is 0 Å². The highest BCUT2D eigenvalue weighted by atomic mass is 32.2. The quantitative estimate of drug-likeness (QED) is 0.472. The van der Waals surface area contributed by atoms with Crippen molar-refractivity contribution in [1.82, 2.24) is 0 Å². The van der Waals surface area contributed by atoms with E-state index in [0.29, 0.717) is 17.3 Å². The van der Waals surface area contributed by atoms with Gasteiger partial charge in [-0.05, 0) is 24.0 Å². The molecule has 0 spiro atoms. The number of nitrogens with zero attached hydrogens (tertiary/aromatic N) is 1. The summed E-state index contributed by atoms with van der Waals surface area (Å²) in [4.78, 5) is 11.2. The Morgan fingerprint density at radius 1 is 1.21 bits per heavy atom. The fraction of sp³-hybridized carbons (Fsp3) is 0.143. The van der Waals surface area contributed by atoms with Crippen LogP contribution in [-0.4, -0.2) is 11.2 Å².